The molecule has 1 saturated heterocycles. The normalized spacial score (nSPS) is 19.3. The average molecular weight is 262 g/mol. The zero-order valence-corrected chi connectivity index (χ0v) is 12.6. The standard InChI is InChI=1S/C16H26N2O/c1-12-8-15(16(19-4)9-13(12)2)18(3)11-14-6-5-7-17-10-14/h8-9,14,17H,5-7,10-11H2,1-4H3. The van der Waals surface area contributed by atoms with E-state index in [1.54, 1.807) is 7.11 Å². The van der Waals surface area contributed by atoms with Gasteiger partial charge in [0.1, 0.15) is 5.75 Å². The van der Waals surface area contributed by atoms with Gasteiger partial charge in [0, 0.05) is 13.6 Å². The summed E-state index contributed by atoms with van der Waals surface area (Å²) in [5.74, 6) is 1.72. The third-order valence-corrected chi connectivity index (χ3v) is 4.14. The maximum atomic E-state index is 5.53. The van der Waals surface area contributed by atoms with Gasteiger partial charge in [-0.1, -0.05) is 0 Å². The van der Waals surface area contributed by atoms with Crippen molar-refractivity contribution in [2.75, 3.05) is 38.7 Å². The number of aryl methyl sites for hydroxylation is 2. The largest absolute Gasteiger partial charge is 0.495 e. The van der Waals surface area contributed by atoms with Crippen LogP contribution in [0.1, 0.15) is 24.0 Å². The number of anilines is 1. The summed E-state index contributed by atoms with van der Waals surface area (Å²) in [4.78, 5) is 2.34. The molecule has 0 spiro atoms. The first-order chi connectivity index (χ1) is 9.11. The summed E-state index contributed by atoms with van der Waals surface area (Å²) in [6.45, 7) is 7.69. The Morgan fingerprint density at radius 1 is 1.32 bits per heavy atom. The third kappa shape index (κ3) is 3.41. The fourth-order valence-corrected chi connectivity index (χ4v) is 2.80. The molecule has 1 unspecified atom stereocenters. The quantitative estimate of drug-likeness (QED) is 0.903. The van der Waals surface area contributed by atoms with Gasteiger partial charge in [0.25, 0.3) is 0 Å². The molecular formula is C16H26N2O. The Morgan fingerprint density at radius 2 is 2.05 bits per heavy atom. The van der Waals surface area contributed by atoms with Crippen molar-refractivity contribution in [2.45, 2.75) is 26.7 Å². The molecule has 1 aromatic rings. The minimum atomic E-state index is 0.741. The number of piperidine rings is 1. The van der Waals surface area contributed by atoms with Gasteiger partial charge < -0.3 is 15.0 Å². The number of rotatable bonds is 4. The molecule has 106 valence electrons. The fourth-order valence-electron chi connectivity index (χ4n) is 2.80. The van der Waals surface area contributed by atoms with Crippen LogP contribution in [0.3, 0.4) is 0 Å². The van der Waals surface area contributed by atoms with E-state index in [2.05, 4.69) is 43.2 Å². The Labute approximate surface area is 116 Å². The molecule has 1 heterocycles. The summed E-state index contributed by atoms with van der Waals surface area (Å²) in [6, 6.07) is 4.38. The zero-order valence-electron chi connectivity index (χ0n) is 12.6. The Hall–Kier alpha value is -1.22. The van der Waals surface area contributed by atoms with Gasteiger partial charge in [0.05, 0.1) is 12.8 Å². The van der Waals surface area contributed by atoms with Crippen molar-refractivity contribution in [1.29, 1.82) is 0 Å². The number of ether oxygens (including phenoxy) is 1. The van der Waals surface area contributed by atoms with E-state index in [1.165, 1.54) is 36.2 Å². The molecule has 1 aliphatic rings. The lowest BCUT2D eigenvalue weighted by Gasteiger charge is -2.30. The summed E-state index contributed by atoms with van der Waals surface area (Å²) in [5.41, 5.74) is 3.81. The van der Waals surface area contributed by atoms with Gasteiger partial charge in [-0.25, -0.2) is 0 Å². The fraction of sp³-hybridized carbons (Fsp3) is 0.625. The minimum absolute atomic E-state index is 0.741. The maximum Gasteiger partial charge on any atom is 0.142 e. The lowest BCUT2D eigenvalue weighted by Crippen LogP contribution is -2.37. The summed E-state index contributed by atoms with van der Waals surface area (Å²) >= 11 is 0. The van der Waals surface area contributed by atoms with Crippen LogP contribution >= 0.6 is 0 Å². The molecule has 0 saturated carbocycles. The predicted molar refractivity (Wildman–Crippen MR) is 81.3 cm³/mol. The van der Waals surface area contributed by atoms with Crippen molar-refractivity contribution in [3.8, 4) is 5.75 Å². The number of nitrogens with one attached hydrogen (secondary N) is 1. The molecule has 0 radical (unpaired) electrons. The lowest BCUT2D eigenvalue weighted by molar-refractivity contribution is 0.378. The van der Waals surface area contributed by atoms with Crippen LogP contribution in [-0.4, -0.2) is 33.8 Å². The molecule has 3 heteroatoms. The van der Waals surface area contributed by atoms with Crippen LogP contribution in [0, 0.1) is 19.8 Å². The van der Waals surface area contributed by atoms with Gasteiger partial charge in [-0.15, -0.1) is 0 Å². The number of hydrogen-bond donors (Lipinski definition) is 1. The van der Waals surface area contributed by atoms with Gasteiger partial charge >= 0.3 is 0 Å². The molecule has 0 aliphatic carbocycles. The first kappa shape index (κ1) is 14.2. The summed E-state index contributed by atoms with van der Waals surface area (Å²) in [7, 11) is 3.92. The van der Waals surface area contributed by atoms with Gasteiger partial charge in [-0.05, 0) is 69.0 Å². The van der Waals surface area contributed by atoms with Gasteiger partial charge in [-0.2, -0.15) is 0 Å². The third-order valence-electron chi connectivity index (χ3n) is 4.14. The SMILES string of the molecule is COc1cc(C)c(C)cc1N(C)CC1CCCNC1. The second-order valence-corrected chi connectivity index (χ2v) is 5.70. The van der Waals surface area contributed by atoms with Crippen LogP contribution in [0.25, 0.3) is 0 Å². The highest BCUT2D eigenvalue weighted by atomic mass is 16.5. The van der Waals surface area contributed by atoms with E-state index in [0.717, 1.165) is 24.8 Å². The molecule has 1 atom stereocenters. The maximum absolute atomic E-state index is 5.53. The first-order valence-electron chi connectivity index (χ1n) is 7.19. The highest BCUT2D eigenvalue weighted by molar-refractivity contribution is 5.61. The minimum Gasteiger partial charge on any atom is -0.495 e. The average Bonchev–Trinajstić information content (AvgIpc) is 2.42. The van der Waals surface area contributed by atoms with Crippen molar-refractivity contribution in [3.63, 3.8) is 0 Å². The Balaban J connectivity index is 2.13. The van der Waals surface area contributed by atoms with Gasteiger partial charge in [-0.3, -0.25) is 0 Å². The summed E-state index contributed by atoms with van der Waals surface area (Å²) < 4.78 is 5.53. The van der Waals surface area contributed by atoms with Crippen molar-refractivity contribution in [3.05, 3.63) is 23.3 Å². The van der Waals surface area contributed by atoms with Crippen LogP contribution in [0.2, 0.25) is 0 Å². The van der Waals surface area contributed by atoms with Gasteiger partial charge in [0.15, 0.2) is 0 Å². The summed E-state index contributed by atoms with van der Waals surface area (Å²) in [5, 5.41) is 3.48. The lowest BCUT2D eigenvalue weighted by atomic mass is 9.98. The van der Waals surface area contributed by atoms with Crippen molar-refractivity contribution >= 4 is 5.69 Å². The Morgan fingerprint density at radius 3 is 2.68 bits per heavy atom. The molecule has 1 aromatic carbocycles. The topological polar surface area (TPSA) is 24.5 Å². The Bertz CT molecular complexity index is 425. The van der Waals surface area contributed by atoms with E-state index in [0.29, 0.717) is 0 Å². The first-order valence-corrected chi connectivity index (χ1v) is 7.19. The van der Waals surface area contributed by atoms with E-state index >= 15 is 0 Å². The number of nitrogens with zero attached hydrogens (tertiary/aromatic N) is 1. The van der Waals surface area contributed by atoms with E-state index in [9.17, 15) is 0 Å². The molecule has 3 nitrogen and oxygen atoms in total. The van der Waals surface area contributed by atoms with E-state index in [1.807, 2.05) is 0 Å². The number of methoxy groups -OCH3 is 1. The second kappa shape index (κ2) is 6.29. The number of hydrogen-bond acceptors (Lipinski definition) is 3. The molecule has 0 aromatic heterocycles. The van der Waals surface area contributed by atoms with E-state index < -0.39 is 0 Å². The van der Waals surface area contributed by atoms with Crippen LogP contribution < -0.4 is 15.0 Å². The van der Waals surface area contributed by atoms with Gasteiger partial charge in [0.2, 0.25) is 0 Å². The van der Waals surface area contributed by atoms with E-state index in [-0.39, 0.29) is 0 Å². The van der Waals surface area contributed by atoms with Crippen LogP contribution in [0.4, 0.5) is 5.69 Å². The van der Waals surface area contributed by atoms with E-state index in [4.69, 9.17) is 4.74 Å². The second-order valence-electron chi connectivity index (χ2n) is 5.70. The smallest absolute Gasteiger partial charge is 0.142 e. The molecule has 19 heavy (non-hydrogen) atoms. The molecule has 0 bridgehead atoms. The number of benzene rings is 1. The highest BCUT2D eigenvalue weighted by Gasteiger charge is 2.17. The highest BCUT2D eigenvalue weighted by Crippen LogP contribution is 2.31. The Kier molecular flexibility index (Phi) is 4.70. The van der Waals surface area contributed by atoms with Crippen molar-refractivity contribution in [2.24, 2.45) is 5.92 Å². The van der Waals surface area contributed by atoms with Crippen molar-refractivity contribution < 1.29 is 4.74 Å². The molecule has 1 N–H and O–H groups in total. The van der Waals surface area contributed by atoms with Crippen molar-refractivity contribution in [1.82, 2.24) is 5.32 Å². The molecular weight excluding hydrogens is 236 g/mol. The predicted octanol–water partition coefficient (Wildman–Crippen LogP) is 2.75. The summed E-state index contributed by atoms with van der Waals surface area (Å²) in [6.07, 6.45) is 2.62. The molecule has 1 fully saturated rings. The zero-order chi connectivity index (χ0) is 13.8. The molecule has 0 amide bonds. The van der Waals surface area contributed by atoms with Crippen LogP contribution in [-0.2, 0) is 0 Å². The molecule has 2 rings (SSSR count). The monoisotopic (exact) mass is 262 g/mol. The van der Waals surface area contributed by atoms with Crippen LogP contribution in [0.5, 0.6) is 5.75 Å². The molecule has 1 aliphatic heterocycles. The van der Waals surface area contributed by atoms with Crippen LogP contribution in [0.15, 0.2) is 12.1 Å².